The number of hydrogen-bond donors (Lipinski definition) is 2. The van der Waals surface area contributed by atoms with E-state index < -0.39 is 12.6 Å². The molecule has 0 fully saturated rings. The number of rotatable bonds is 4. The van der Waals surface area contributed by atoms with Crippen molar-refractivity contribution in [2.45, 2.75) is 6.61 Å². The molecule has 0 aliphatic carbocycles. The summed E-state index contributed by atoms with van der Waals surface area (Å²) in [5, 5.41) is 27.7. The largest absolute Gasteiger partial charge is 0.539 e. The molecular weight excluding hydrogens is 189 g/mol. The van der Waals surface area contributed by atoms with Crippen LogP contribution in [0.25, 0.3) is 0 Å². The molecular formula is C7H8BNO5. The Bertz CT molecular complexity index is 343. The van der Waals surface area contributed by atoms with Crippen molar-refractivity contribution >= 4 is 13.4 Å². The Kier molecular flexibility index (Phi) is 3.44. The van der Waals surface area contributed by atoms with E-state index in [0.717, 1.165) is 0 Å². The molecule has 0 atom stereocenters. The lowest BCUT2D eigenvalue weighted by atomic mass is 10.2. The van der Waals surface area contributed by atoms with Gasteiger partial charge in [-0.05, 0) is 11.6 Å². The fraction of sp³-hybridized carbons (Fsp3) is 0.143. The number of aliphatic hydroxyl groups is 1. The lowest BCUT2D eigenvalue weighted by Crippen LogP contribution is -2.01. The lowest BCUT2D eigenvalue weighted by Gasteiger charge is -2.03. The van der Waals surface area contributed by atoms with E-state index in [4.69, 9.17) is 10.1 Å². The van der Waals surface area contributed by atoms with Crippen molar-refractivity contribution in [3.05, 3.63) is 33.9 Å². The zero-order chi connectivity index (χ0) is 10.6. The third kappa shape index (κ3) is 2.44. The van der Waals surface area contributed by atoms with Crippen LogP contribution in [0.3, 0.4) is 0 Å². The van der Waals surface area contributed by atoms with Gasteiger partial charge in [-0.15, -0.1) is 0 Å². The molecule has 0 aliphatic rings. The second kappa shape index (κ2) is 4.59. The van der Waals surface area contributed by atoms with Crippen LogP contribution < -0.4 is 4.65 Å². The van der Waals surface area contributed by atoms with Gasteiger partial charge in [0.1, 0.15) is 5.75 Å². The molecule has 0 saturated carbocycles. The summed E-state index contributed by atoms with van der Waals surface area (Å²) >= 11 is 0. The Labute approximate surface area is 80.2 Å². The minimum atomic E-state index is -0.594. The first-order chi connectivity index (χ1) is 6.67. The number of benzene rings is 1. The number of non-ortho nitro benzene ring substituents is 1. The van der Waals surface area contributed by atoms with E-state index in [0.29, 0.717) is 5.56 Å². The van der Waals surface area contributed by atoms with E-state index in [1.165, 1.54) is 18.2 Å². The number of nitro groups is 1. The molecule has 0 amide bonds. The van der Waals surface area contributed by atoms with Crippen molar-refractivity contribution in [3.63, 3.8) is 0 Å². The molecule has 7 heteroatoms. The zero-order valence-corrected chi connectivity index (χ0v) is 7.21. The molecule has 0 bridgehead atoms. The predicted molar refractivity (Wildman–Crippen MR) is 49.0 cm³/mol. The van der Waals surface area contributed by atoms with Crippen LogP contribution in [0.5, 0.6) is 5.75 Å². The van der Waals surface area contributed by atoms with Gasteiger partial charge in [0.2, 0.25) is 0 Å². The third-order valence-electron chi connectivity index (χ3n) is 1.58. The maximum Gasteiger partial charge on any atom is 0.504 e. The van der Waals surface area contributed by atoms with Crippen molar-refractivity contribution in [1.82, 2.24) is 0 Å². The minimum absolute atomic E-state index is 0.158. The maximum absolute atomic E-state index is 10.4. The van der Waals surface area contributed by atoms with Gasteiger partial charge in [0.15, 0.2) is 0 Å². The fourth-order valence-corrected chi connectivity index (χ4v) is 0.998. The summed E-state index contributed by atoms with van der Waals surface area (Å²) in [6.07, 6.45) is 0. The molecule has 0 spiro atoms. The van der Waals surface area contributed by atoms with E-state index in [2.05, 4.69) is 4.65 Å². The maximum atomic E-state index is 10.4. The van der Waals surface area contributed by atoms with Crippen LogP contribution in [-0.4, -0.2) is 22.7 Å². The predicted octanol–water partition coefficient (Wildman–Crippen LogP) is -0.275. The Morgan fingerprint density at radius 2 is 2.21 bits per heavy atom. The number of nitrogens with zero attached hydrogens (tertiary/aromatic N) is 1. The lowest BCUT2D eigenvalue weighted by molar-refractivity contribution is -0.385. The molecule has 14 heavy (non-hydrogen) atoms. The summed E-state index contributed by atoms with van der Waals surface area (Å²) in [6, 6.07) is 3.84. The molecule has 1 aromatic rings. The molecule has 0 aromatic heterocycles. The number of hydrogen-bond acceptors (Lipinski definition) is 5. The summed E-state index contributed by atoms with van der Waals surface area (Å²) in [5.74, 6) is 0.158. The van der Waals surface area contributed by atoms with Gasteiger partial charge in [-0.3, -0.25) is 10.1 Å². The molecule has 0 saturated heterocycles. The fourth-order valence-electron chi connectivity index (χ4n) is 0.998. The van der Waals surface area contributed by atoms with E-state index >= 15 is 0 Å². The van der Waals surface area contributed by atoms with Gasteiger partial charge in [-0.2, -0.15) is 0 Å². The topological polar surface area (TPSA) is 92.8 Å². The Morgan fingerprint density at radius 3 is 2.71 bits per heavy atom. The van der Waals surface area contributed by atoms with E-state index in [1.807, 2.05) is 0 Å². The summed E-state index contributed by atoms with van der Waals surface area (Å²) < 4.78 is 4.68. The molecule has 74 valence electrons. The number of nitro benzene ring substituents is 1. The second-order valence-corrected chi connectivity index (χ2v) is 2.52. The van der Waals surface area contributed by atoms with Crippen LogP contribution in [0.1, 0.15) is 5.56 Å². The van der Waals surface area contributed by atoms with Crippen molar-refractivity contribution in [2.24, 2.45) is 0 Å². The third-order valence-corrected chi connectivity index (χ3v) is 1.58. The Hall–Kier alpha value is -1.60. The zero-order valence-electron chi connectivity index (χ0n) is 7.21. The molecule has 6 nitrogen and oxygen atoms in total. The first-order valence-electron chi connectivity index (χ1n) is 3.80. The minimum Gasteiger partial charge on any atom is -0.539 e. The van der Waals surface area contributed by atoms with Crippen LogP contribution >= 0.6 is 0 Å². The summed E-state index contributed by atoms with van der Waals surface area (Å²) in [7, 11) is -0.563. The normalized spacial score (nSPS) is 9.57. The highest BCUT2D eigenvalue weighted by atomic mass is 16.6. The standard InChI is InChI=1S/C7H8BNO5/c10-4-5-1-6(9(12)13)3-7(2-5)14-8-11/h1-3,8,10-11H,4H2. The van der Waals surface area contributed by atoms with Gasteiger partial charge in [-0.25, -0.2) is 0 Å². The average molecular weight is 197 g/mol. The molecule has 0 aliphatic heterocycles. The van der Waals surface area contributed by atoms with Crippen molar-refractivity contribution < 1.29 is 19.7 Å². The number of aliphatic hydroxyl groups excluding tert-OH is 1. The van der Waals surface area contributed by atoms with E-state index in [9.17, 15) is 10.1 Å². The van der Waals surface area contributed by atoms with Gasteiger partial charge < -0.3 is 14.8 Å². The van der Waals surface area contributed by atoms with Gasteiger partial charge >= 0.3 is 7.69 Å². The van der Waals surface area contributed by atoms with E-state index in [-0.39, 0.29) is 18.0 Å². The van der Waals surface area contributed by atoms with Crippen LogP contribution in [0.2, 0.25) is 0 Å². The summed E-state index contributed by atoms with van der Waals surface area (Å²) in [5.41, 5.74) is 0.183. The smallest absolute Gasteiger partial charge is 0.504 e. The Balaban J connectivity index is 3.06. The van der Waals surface area contributed by atoms with E-state index in [1.54, 1.807) is 0 Å². The highest BCUT2D eigenvalue weighted by molar-refractivity contribution is 6.17. The molecule has 2 N–H and O–H groups in total. The highest BCUT2D eigenvalue weighted by Crippen LogP contribution is 2.22. The van der Waals surface area contributed by atoms with Gasteiger partial charge in [0.25, 0.3) is 5.69 Å². The van der Waals surface area contributed by atoms with Crippen molar-refractivity contribution in [3.8, 4) is 5.75 Å². The van der Waals surface area contributed by atoms with Gasteiger partial charge in [0.05, 0.1) is 17.6 Å². The highest BCUT2D eigenvalue weighted by Gasteiger charge is 2.09. The first kappa shape index (κ1) is 10.5. The second-order valence-electron chi connectivity index (χ2n) is 2.52. The van der Waals surface area contributed by atoms with Crippen LogP contribution in [0.15, 0.2) is 18.2 Å². The molecule has 1 rings (SSSR count). The van der Waals surface area contributed by atoms with Crippen LogP contribution in [0.4, 0.5) is 5.69 Å². The van der Waals surface area contributed by atoms with Gasteiger partial charge in [0, 0.05) is 6.07 Å². The van der Waals surface area contributed by atoms with Crippen molar-refractivity contribution in [2.75, 3.05) is 0 Å². The van der Waals surface area contributed by atoms with Crippen molar-refractivity contribution in [1.29, 1.82) is 0 Å². The van der Waals surface area contributed by atoms with Crippen LogP contribution in [-0.2, 0) is 6.61 Å². The van der Waals surface area contributed by atoms with Gasteiger partial charge in [-0.1, -0.05) is 0 Å². The Morgan fingerprint density at radius 1 is 1.50 bits per heavy atom. The average Bonchev–Trinajstić information content (AvgIpc) is 2.17. The monoisotopic (exact) mass is 197 g/mol. The first-order valence-corrected chi connectivity index (χ1v) is 3.80. The van der Waals surface area contributed by atoms with Crippen LogP contribution in [0, 0.1) is 10.1 Å². The SMILES string of the molecule is O=[N+]([O-])c1cc(CO)cc(OBO)c1. The molecule has 0 unspecified atom stereocenters. The molecule has 0 heterocycles. The molecule has 1 aromatic carbocycles. The summed E-state index contributed by atoms with van der Waals surface area (Å²) in [4.78, 5) is 9.84. The molecule has 0 radical (unpaired) electrons. The summed E-state index contributed by atoms with van der Waals surface area (Å²) in [6.45, 7) is -0.316. The quantitative estimate of drug-likeness (QED) is 0.393.